The number of carbonyl (C=O) groups is 3. The molecule has 4 rings (SSSR count). The molecule has 3 saturated heterocycles. The van der Waals surface area contributed by atoms with Gasteiger partial charge in [-0.25, -0.2) is 0 Å². The van der Waals surface area contributed by atoms with Crippen LogP contribution in [0.4, 0.5) is 5.69 Å². The molecule has 2 bridgehead atoms. The molecule has 1 N–H and O–H groups in total. The molecule has 0 radical (unpaired) electrons. The Morgan fingerprint density at radius 3 is 2.36 bits per heavy atom. The van der Waals surface area contributed by atoms with Crippen molar-refractivity contribution in [3.05, 3.63) is 55.6 Å². The summed E-state index contributed by atoms with van der Waals surface area (Å²) in [6, 6.07) is 8.51. The van der Waals surface area contributed by atoms with Crippen LogP contribution in [0.5, 0.6) is 0 Å². The maximum atomic E-state index is 14.4. The zero-order valence-electron chi connectivity index (χ0n) is 23.8. The van der Waals surface area contributed by atoms with Crippen LogP contribution in [0.2, 0.25) is 0 Å². The predicted octanol–water partition coefficient (Wildman–Crippen LogP) is 3.56. The van der Waals surface area contributed by atoms with Crippen molar-refractivity contribution in [3.63, 3.8) is 0 Å². The Kier molecular flexibility index (Phi) is 8.11. The third-order valence-electron chi connectivity index (χ3n) is 8.77. The monoisotopic (exact) mass is 537 g/mol. The van der Waals surface area contributed by atoms with Crippen LogP contribution in [-0.2, 0) is 19.1 Å². The van der Waals surface area contributed by atoms with Gasteiger partial charge in [-0.3, -0.25) is 14.4 Å². The number of carbonyl (C=O) groups excluding carboxylic acids is 3. The van der Waals surface area contributed by atoms with Gasteiger partial charge in [0.05, 0.1) is 17.4 Å². The van der Waals surface area contributed by atoms with E-state index in [9.17, 15) is 19.5 Å². The molecular formula is C31H43N3O5. The Labute approximate surface area is 232 Å². The van der Waals surface area contributed by atoms with E-state index >= 15 is 0 Å². The topological polar surface area (TPSA) is 90.4 Å². The summed E-state index contributed by atoms with van der Waals surface area (Å²) in [4.78, 5) is 48.1. The molecule has 1 aromatic carbocycles. The molecule has 0 aliphatic carbocycles. The van der Waals surface area contributed by atoms with E-state index in [4.69, 9.17) is 4.74 Å². The van der Waals surface area contributed by atoms with Gasteiger partial charge in [-0.2, -0.15) is 0 Å². The van der Waals surface area contributed by atoms with Crippen molar-refractivity contribution in [2.45, 2.75) is 76.2 Å². The summed E-state index contributed by atoms with van der Waals surface area (Å²) in [5.74, 6) is -2.15. The molecule has 3 heterocycles. The Hall–Kier alpha value is -2.97. The summed E-state index contributed by atoms with van der Waals surface area (Å²) in [6.45, 7) is 16.3. The van der Waals surface area contributed by atoms with Crippen molar-refractivity contribution in [1.82, 2.24) is 9.80 Å². The molecule has 5 atom stereocenters. The second-order valence-corrected chi connectivity index (χ2v) is 11.9. The molecule has 39 heavy (non-hydrogen) atoms. The van der Waals surface area contributed by atoms with Gasteiger partial charge in [0.25, 0.3) is 0 Å². The zero-order valence-corrected chi connectivity index (χ0v) is 23.8. The van der Waals surface area contributed by atoms with Crippen LogP contribution in [0.25, 0.3) is 0 Å². The van der Waals surface area contributed by atoms with E-state index < -0.39 is 34.6 Å². The van der Waals surface area contributed by atoms with Crippen molar-refractivity contribution in [2.24, 2.45) is 11.8 Å². The van der Waals surface area contributed by atoms with Gasteiger partial charge in [-0.1, -0.05) is 37.3 Å². The first-order valence-corrected chi connectivity index (χ1v) is 14.0. The van der Waals surface area contributed by atoms with Crippen molar-refractivity contribution in [3.8, 4) is 0 Å². The third-order valence-corrected chi connectivity index (χ3v) is 8.77. The number of rotatable bonds is 11. The lowest BCUT2D eigenvalue weighted by molar-refractivity contribution is -0.155. The molecule has 3 aliphatic heterocycles. The Morgan fingerprint density at radius 2 is 1.79 bits per heavy atom. The van der Waals surface area contributed by atoms with Gasteiger partial charge in [-0.15, -0.1) is 13.2 Å². The van der Waals surface area contributed by atoms with Crippen LogP contribution >= 0.6 is 0 Å². The Bertz CT molecular complexity index is 1110. The molecule has 3 fully saturated rings. The molecule has 2 unspecified atom stereocenters. The van der Waals surface area contributed by atoms with Crippen LogP contribution in [0.3, 0.4) is 0 Å². The lowest BCUT2D eigenvalue weighted by Crippen LogP contribution is -2.60. The Morgan fingerprint density at radius 1 is 1.13 bits per heavy atom. The quantitative estimate of drug-likeness (QED) is 0.436. The molecule has 1 spiro atoms. The van der Waals surface area contributed by atoms with Gasteiger partial charge in [0.1, 0.15) is 11.6 Å². The van der Waals surface area contributed by atoms with Gasteiger partial charge in [0.15, 0.2) is 0 Å². The van der Waals surface area contributed by atoms with Gasteiger partial charge in [0.2, 0.25) is 17.7 Å². The van der Waals surface area contributed by atoms with E-state index in [2.05, 4.69) is 13.2 Å². The molecule has 8 nitrogen and oxygen atoms in total. The highest BCUT2D eigenvalue weighted by atomic mass is 16.5. The SMILES string of the molecule is C=CCN(C(=O)[C@@H]1[C@H]2C(=O)N(CCCO)C(C(=O)N(CC=C)C(C)(C)C)C23CC[C@@]1(CC)O3)c1ccccc1. The first-order valence-electron chi connectivity index (χ1n) is 14.0. The molecule has 3 aliphatic rings. The minimum Gasteiger partial charge on any atom is -0.396 e. The highest BCUT2D eigenvalue weighted by molar-refractivity contribution is 6.03. The summed E-state index contributed by atoms with van der Waals surface area (Å²) in [5.41, 5.74) is -1.74. The molecule has 8 heteroatoms. The van der Waals surface area contributed by atoms with E-state index in [-0.39, 0.29) is 30.9 Å². The number of hydrogen-bond donors (Lipinski definition) is 1. The summed E-state index contributed by atoms with van der Waals surface area (Å²) in [6.07, 6.45) is 5.37. The standard InChI is InChI=1S/C31H43N3O5/c1-7-18-32(22-14-11-10-12-15-22)26(36)23-24-27(37)33(20-13-21-35)25(28(38)34(19-8-2)29(4,5)6)31(24)17-16-30(23,9-3)39-31/h7-8,10-12,14-15,23-25,35H,1-2,9,13,16-21H2,3-6H3/t23-,24-,25?,30+,31?/m0/s1. The maximum Gasteiger partial charge on any atom is 0.249 e. The number of nitrogens with zero attached hydrogens (tertiary/aromatic N) is 3. The highest BCUT2D eigenvalue weighted by Gasteiger charge is 2.79. The van der Waals surface area contributed by atoms with E-state index in [1.54, 1.807) is 26.9 Å². The average Bonchev–Trinajstić information content (AvgIpc) is 3.51. The van der Waals surface area contributed by atoms with Crippen LogP contribution in [-0.4, -0.2) is 81.7 Å². The predicted molar refractivity (Wildman–Crippen MR) is 151 cm³/mol. The third kappa shape index (κ3) is 4.61. The number of anilines is 1. The lowest BCUT2D eigenvalue weighted by atomic mass is 9.64. The fourth-order valence-corrected chi connectivity index (χ4v) is 7.05. The number of aliphatic hydroxyl groups excluding tert-OH is 1. The van der Waals surface area contributed by atoms with Crippen LogP contribution in [0.1, 0.15) is 53.4 Å². The fourth-order valence-electron chi connectivity index (χ4n) is 7.05. The van der Waals surface area contributed by atoms with Crippen molar-refractivity contribution >= 4 is 23.4 Å². The number of para-hydroxylation sites is 1. The van der Waals surface area contributed by atoms with Crippen molar-refractivity contribution in [2.75, 3.05) is 31.1 Å². The van der Waals surface area contributed by atoms with Crippen LogP contribution in [0, 0.1) is 11.8 Å². The smallest absolute Gasteiger partial charge is 0.249 e. The largest absolute Gasteiger partial charge is 0.396 e. The molecular weight excluding hydrogens is 494 g/mol. The summed E-state index contributed by atoms with van der Waals surface area (Å²) in [7, 11) is 0. The molecule has 0 saturated carbocycles. The normalized spacial score (nSPS) is 29.3. The number of aliphatic hydroxyl groups is 1. The number of benzene rings is 1. The van der Waals surface area contributed by atoms with E-state index in [0.717, 1.165) is 5.69 Å². The number of likely N-dealkylation sites (tertiary alicyclic amines) is 1. The number of ether oxygens (including phenoxy) is 1. The molecule has 212 valence electrons. The summed E-state index contributed by atoms with van der Waals surface area (Å²) < 4.78 is 6.90. The number of amides is 3. The zero-order chi connectivity index (χ0) is 28.6. The van der Waals surface area contributed by atoms with Crippen molar-refractivity contribution in [1.29, 1.82) is 0 Å². The van der Waals surface area contributed by atoms with Gasteiger partial charge in [0, 0.05) is 37.5 Å². The Balaban J connectivity index is 1.83. The molecule has 3 amide bonds. The second-order valence-electron chi connectivity index (χ2n) is 11.9. The molecule has 1 aromatic rings. The minimum atomic E-state index is -1.11. The lowest BCUT2D eigenvalue weighted by Gasteiger charge is -2.42. The number of fused-ring (bicyclic) bond motifs is 1. The number of hydrogen-bond acceptors (Lipinski definition) is 5. The van der Waals surface area contributed by atoms with Gasteiger partial charge in [-0.05, 0) is 58.6 Å². The fraction of sp³-hybridized carbons (Fsp3) is 0.581. The van der Waals surface area contributed by atoms with E-state index in [1.807, 2.05) is 58.0 Å². The minimum absolute atomic E-state index is 0.110. The van der Waals surface area contributed by atoms with E-state index in [1.165, 1.54) is 0 Å². The van der Waals surface area contributed by atoms with Crippen molar-refractivity contribution < 1.29 is 24.2 Å². The second kappa shape index (κ2) is 10.9. The van der Waals surface area contributed by atoms with Crippen LogP contribution in [0.15, 0.2) is 55.6 Å². The average molecular weight is 538 g/mol. The highest BCUT2D eigenvalue weighted by Crippen LogP contribution is 2.64. The van der Waals surface area contributed by atoms with Crippen LogP contribution < -0.4 is 4.90 Å². The summed E-state index contributed by atoms with van der Waals surface area (Å²) in [5, 5.41) is 9.62. The first-order chi connectivity index (χ1) is 18.5. The first kappa shape index (κ1) is 29.0. The van der Waals surface area contributed by atoms with Gasteiger partial charge >= 0.3 is 0 Å². The van der Waals surface area contributed by atoms with Gasteiger partial charge < -0.3 is 24.5 Å². The summed E-state index contributed by atoms with van der Waals surface area (Å²) >= 11 is 0. The molecule has 0 aromatic heterocycles. The van der Waals surface area contributed by atoms with E-state index in [0.29, 0.717) is 38.8 Å². The maximum absolute atomic E-state index is 14.4.